The van der Waals surface area contributed by atoms with E-state index in [1.807, 2.05) is 30.3 Å². The van der Waals surface area contributed by atoms with Gasteiger partial charge in [-0.3, -0.25) is 4.99 Å². The molecule has 3 N–H and O–H groups in total. The Bertz CT molecular complexity index is 770. The lowest BCUT2D eigenvalue weighted by Gasteiger charge is -2.19. The van der Waals surface area contributed by atoms with E-state index in [1.165, 1.54) is 7.05 Å². The molecule has 2 aromatic carbocycles. The van der Waals surface area contributed by atoms with Crippen molar-refractivity contribution in [3.05, 3.63) is 71.0 Å². The summed E-state index contributed by atoms with van der Waals surface area (Å²) in [6.07, 6.45) is -4.65. The average Bonchev–Trinajstić information content (AvgIpc) is 2.65. The molecule has 28 heavy (non-hydrogen) atoms. The summed E-state index contributed by atoms with van der Waals surface area (Å²) in [7, 11) is 1.49. The van der Waals surface area contributed by atoms with Gasteiger partial charge >= 0.3 is 6.18 Å². The predicted octanol–water partition coefficient (Wildman–Crippen LogP) is 3.90. The molecule has 0 bridgehead atoms. The molecule has 9 heteroatoms. The first kappa shape index (κ1) is 24.2. The number of guanidine groups is 1. The van der Waals surface area contributed by atoms with Gasteiger partial charge in [0.15, 0.2) is 5.96 Å². The van der Waals surface area contributed by atoms with Crippen molar-refractivity contribution >= 4 is 29.9 Å². The molecule has 0 spiro atoms. The smallest absolute Gasteiger partial charge is 0.396 e. The minimum Gasteiger partial charge on any atom is -0.396 e. The molecule has 0 fully saturated rings. The lowest BCUT2D eigenvalue weighted by Crippen LogP contribution is -2.39. The fourth-order valence-corrected chi connectivity index (χ4v) is 2.60. The van der Waals surface area contributed by atoms with Crippen LogP contribution in [0, 0.1) is 5.82 Å². The number of rotatable bonds is 6. The molecule has 0 aliphatic heterocycles. The van der Waals surface area contributed by atoms with Crippen LogP contribution in [-0.4, -0.2) is 31.3 Å². The van der Waals surface area contributed by atoms with Crippen molar-refractivity contribution in [1.29, 1.82) is 0 Å². The molecule has 2 aromatic rings. The first-order valence-electron chi connectivity index (χ1n) is 8.31. The highest BCUT2D eigenvalue weighted by atomic mass is 127. The quantitative estimate of drug-likeness (QED) is 0.239. The number of benzene rings is 2. The highest BCUT2D eigenvalue weighted by Crippen LogP contribution is 2.32. The summed E-state index contributed by atoms with van der Waals surface area (Å²) in [6.45, 7) is 0.0733. The predicted molar refractivity (Wildman–Crippen MR) is 111 cm³/mol. The Morgan fingerprint density at radius 3 is 2.36 bits per heavy atom. The summed E-state index contributed by atoms with van der Waals surface area (Å²) in [6, 6.07) is 11.9. The van der Waals surface area contributed by atoms with Crippen LogP contribution in [0.25, 0.3) is 0 Å². The summed E-state index contributed by atoms with van der Waals surface area (Å²) >= 11 is 0. The van der Waals surface area contributed by atoms with Gasteiger partial charge in [-0.2, -0.15) is 13.2 Å². The van der Waals surface area contributed by atoms with Crippen molar-refractivity contribution in [3.63, 3.8) is 0 Å². The van der Waals surface area contributed by atoms with E-state index in [2.05, 4.69) is 15.6 Å². The molecule has 1 unspecified atom stereocenters. The second-order valence-corrected chi connectivity index (χ2v) is 5.90. The average molecular weight is 511 g/mol. The summed E-state index contributed by atoms with van der Waals surface area (Å²) in [5.74, 6) is -0.856. The standard InChI is InChI=1S/C19H21F4N3O.HI/c1-24-18(26-11-15(12-27)13-5-3-2-4-6-13)25-10-14-7-8-16(20)9-17(14)19(21,22)23;/h2-9,15,27H,10-12H2,1H3,(H2,24,25,26);1H. The van der Waals surface area contributed by atoms with E-state index in [9.17, 15) is 22.7 Å². The molecule has 0 radical (unpaired) electrons. The molecular formula is C19H22F4IN3O. The maximum absolute atomic E-state index is 13.2. The lowest BCUT2D eigenvalue weighted by atomic mass is 10.0. The molecule has 0 aliphatic carbocycles. The van der Waals surface area contributed by atoms with Gasteiger partial charge in [0.1, 0.15) is 5.82 Å². The normalized spacial score (nSPS) is 12.9. The third-order valence-corrected chi connectivity index (χ3v) is 4.05. The summed E-state index contributed by atoms with van der Waals surface area (Å²) in [5, 5.41) is 15.3. The van der Waals surface area contributed by atoms with Gasteiger partial charge in [-0.05, 0) is 23.3 Å². The van der Waals surface area contributed by atoms with Gasteiger partial charge in [-0.15, -0.1) is 24.0 Å². The van der Waals surface area contributed by atoms with Crippen LogP contribution in [0.15, 0.2) is 53.5 Å². The van der Waals surface area contributed by atoms with Crippen LogP contribution < -0.4 is 10.6 Å². The van der Waals surface area contributed by atoms with Crippen molar-refractivity contribution in [3.8, 4) is 0 Å². The van der Waals surface area contributed by atoms with Gasteiger partial charge < -0.3 is 15.7 Å². The van der Waals surface area contributed by atoms with E-state index in [4.69, 9.17) is 0 Å². The van der Waals surface area contributed by atoms with Crippen LogP contribution in [0.5, 0.6) is 0 Å². The molecular weight excluding hydrogens is 489 g/mol. The van der Waals surface area contributed by atoms with Crippen LogP contribution in [0.4, 0.5) is 17.6 Å². The number of nitrogens with one attached hydrogen (secondary N) is 2. The van der Waals surface area contributed by atoms with Crippen molar-refractivity contribution in [2.24, 2.45) is 4.99 Å². The molecule has 0 heterocycles. The van der Waals surface area contributed by atoms with E-state index in [1.54, 1.807) is 0 Å². The molecule has 0 saturated heterocycles. The Morgan fingerprint density at radius 2 is 1.79 bits per heavy atom. The molecule has 0 amide bonds. The van der Waals surface area contributed by atoms with Gasteiger partial charge in [-0.25, -0.2) is 4.39 Å². The summed E-state index contributed by atoms with van der Waals surface area (Å²) in [4.78, 5) is 3.97. The first-order chi connectivity index (χ1) is 12.8. The number of aliphatic imine (C=N–C) groups is 1. The molecule has 0 aliphatic rings. The largest absolute Gasteiger partial charge is 0.416 e. The Hall–Kier alpha value is -1.88. The summed E-state index contributed by atoms with van der Waals surface area (Å²) in [5.41, 5.74) is -0.183. The Morgan fingerprint density at radius 1 is 1.11 bits per heavy atom. The van der Waals surface area contributed by atoms with Crippen molar-refractivity contribution in [2.45, 2.75) is 18.6 Å². The Kier molecular flexibility index (Phi) is 9.66. The van der Waals surface area contributed by atoms with Gasteiger partial charge in [0, 0.05) is 26.1 Å². The topological polar surface area (TPSA) is 56.7 Å². The fourth-order valence-electron chi connectivity index (χ4n) is 2.60. The third kappa shape index (κ3) is 6.93. The zero-order chi connectivity index (χ0) is 19.9. The number of hydrogen-bond acceptors (Lipinski definition) is 2. The maximum atomic E-state index is 13.2. The number of alkyl halides is 3. The van der Waals surface area contributed by atoms with Crippen LogP contribution in [0.1, 0.15) is 22.6 Å². The van der Waals surface area contributed by atoms with Crippen LogP contribution >= 0.6 is 24.0 Å². The second kappa shape index (κ2) is 11.2. The second-order valence-electron chi connectivity index (χ2n) is 5.90. The van der Waals surface area contributed by atoms with Crippen molar-refractivity contribution < 1.29 is 22.7 Å². The monoisotopic (exact) mass is 511 g/mol. The van der Waals surface area contributed by atoms with Crippen molar-refractivity contribution in [1.82, 2.24) is 10.6 Å². The van der Waals surface area contributed by atoms with E-state index >= 15 is 0 Å². The van der Waals surface area contributed by atoms with E-state index in [-0.39, 0.29) is 54.6 Å². The zero-order valence-corrected chi connectivity index (χ0v) is 17.5. The van der Waals surface area contributed by atoms with Gasteiger partial charge in [-0.1, -0.05) is 36.4 Å². The lowest BCUT2D eigenvalue weighted by molar-refractivity contribution is -0.138. The number of nitrogens with zero attached hydrogens (tertiary/aromatic N) is 1. The van der Waals surface area contributed by atoms with Crippen LogP contribution in [0.2, 0.25) is 0 Å². The number of halogens is 5. The van der Waals surface area contributed by atoms with Gasteiger partial charge in [0.25, 0.3) is 0 Å². The van der Waals surface area contributed by atoms with Crippen molar-refractivity contribution in [2.75, 3.05) is 20.2 Å². The summed E-state index contributed by atoms with van der Waals surface area (Å²) < 4.78 is 52.3. The van der Waals surface area contributed by atoms with E-state index < -0.39 is 17.6 Å². The molecule has 1 atom stereocenters. The van der Waals surface area contributed by atoms with E-state index in [0.717, 1.165) is 17.7 Å². The SMILES string of the molecule is CN=C(NCc1ccc(F)cc1C(F)(F)F)NCC(CO)c1ccccc1.I. The molecule has 0 saturated carbocycles. The Labute approximate surface area is 178 Å². The maximum Gasteiger partial charge on any atom is 0.416 e. The Balaban J connectivity index is 0.00000392. The first-order valence-corrected chi connectivity index (χ1v) is 8.31. The third-order valence-electron chi connectivity index (χ3n) is 4.05. The van der Waals surface area contributed by atoms with Crippen LogP contribution in [0.3, 0.4) is 0 Å². The van der Waals surface area contributed by atoms with Crippen LogP contribution in [-0.2, 0) is 12.7 Å². The molecule has 154 valence electrons. The molecule has 4 nitrogen and oxygen atoms in total. The fraction of sp³-hybridized carbons (Fsp3) is 0.316. The molecule has 2 rings (SSSR count). The van der Waals surface area contributed by atoms with Gasteiger partial charge in [0.2, 0.25) is 0 Å². The highest BCUT2D eigenvalue weighted by molar-refractivity contribution is 14.0. The number of aliphatic hydroxyl groups is 1. The minimum atomic E-state index is -4.65. The number of hydrogen-bond donors (Lipinski definition) is 3. The highest BCUT2D eigenvalue weighted by Gasteiger charge is 2.33. The van der Waals surface area contributed by atoms with Gasteiger partial charge in [0.05, 0.1) is 12.2 Å². The van der Waals surface area contributed by atoms with E-state index in [0.29, 0.717) is 12.6 Å². The number of aliphatic hydroxyl groups excluding tert-OH is 1. The zero-order valence-electron chi connectivity index (χ0n) is 15.1. The molecule has 0 aromatic heterocycles. The minimum absolute atomic E-state index is 0.